The molecule has 0 saturated carbocycles. The van der Waals surface area contributed by atoms with Crippen LogP contribution in [0.3, 0.4) is 0 Å². The molecule has 0 aliphatic heterocycles. The highest BCUT2D eigenvalue weighted by Gasteiger charge is 2.29. The molecule has 2 aromatic carbocycles. The fourth-order valence-corrected chi connectivity index (χ4v) is 2.63. The molecule has 0 heterocycles. The minimum atomic E-state index is -4.42. The third-order valence-electron chi connectivity index (χ3n) is 3.29. The maximum atomic E-state index is 12.3. The Morgan fingerprint density at radius 1 is 1.04 bits per heavy atom. The molecule has 0 atom stereocenters. The maximum absolute atomic E-state index is 12.3. The van der Waals surface area contributed by atoms with Gasteiger partial charge in [0.25, 0.3) is 11.8 Å². The summed E-state index contributed by atoms with van der Waals surface area (Å²) in [6, 6.07) is 10.8. The van der Waals surface area contributed by atoms with Crippen molar-refractivity contribution in [3.63, 3.8) is 0 Å². The van der Waals surface area contributed by atoms with E-state index in [2.05, 4.69) is 10.6 Å². The molecular formula is C18H15F3N2O4S. The molecule has 10 heteroatoms. The lowest BCUT2D eigenvalue weighted by Gasteiger charge is -2.09. The van der Waals surface area contributed by atoms with Crippen LogP contribution in [0.5, 0.6) is 0 Å². The van der Waals surface area contributed by atoms with Crippen LogP contribution in [0.15, 0.2) is 53.4 Å². The largest absolute Gasteiger partial charge is 0.452 e. The van der Waals surface area contributed by atoms with Gasteiger partial charge in [-0.3, -0.25) is 9.59 Å². The summed E-state index contributed by atoms with van der Waals surface area (Å²) in [6.45, 7) is -0.595. The van der Waals surface area contributed by atoms with Crippen LogP contribution in [0.1, 0.15) is 20.7 Å². The standard InChI is InChI=1S/C18H15F3N2O4S/c1-22-16(25)12-3-2-4-13(9-12)23-15(24)10-27-17(26)11-5-7-14(8-6-11)28-18(19,20)21/h2-9H,10H2,1H3,(H,22,25)(H,23,24). The zero-order valence-electron chi connectivity index (χ0n) is 14.5. The first-order valence-electron chi connectivity index (χ1n) is 7.83. The predicted molar refractivity (Wildman–Crippen MR) is 97.1 cm³/mol. The minimum Gasteiger partial charge on any atom is -0.452 e. The summed E-state index contributed by atoms with van der Waals surface area (Å²) in [6.07, 6.45) is 0. The molecule has 2 rings (SSSR count). The van der Waals surface area contributed by atoms with E-state index in [9.17, 15) is 27.6 Å². The Morgan fingerprint density at radius 3 is 2.32 bits per heavy atom. The van der Waals surface area contributed by atoms with Gasteiger partial charge in [0.2, 0.25) is 0 Å². The van der Waals surface area contributed by atoms with Crippen molar-refractivity contribution in [1.29, 1.82) is 0 Å². The van der Waals surface area contributed by atoms with Gasteiger partial charge in [-0.1, -0.05) is 6.07 Å². The van der Waals surface area contributed by atoms with E-state index in [1.165, 1.54) is 25.2 Å². The van der Waals surface area contributed by atoms with Crippen LogP contribution in [-0.2, 0) is 9.53 Å². The van der Waals surface area contributed by atoms with E-state index >= 15 is 0 Å². The topological polar surface area (TPSA) is 84.5 Å². The Bertz CT molecular complexity index is 870. The number of carbonyl (C=O) groups excluding carboxylic acids is 3. The van der Waals surface area contributed by atoms with Crippen molar-refractivity contribution in [2.75, 3.05) is 19.0 Å². The molecule has 0 bridgehead atoms. The van der Waals surface area contributed by atoms with Crippen molar-refractivity contribution >= 4 is 35.2 Å². The number of hydrogen-bond acceptors (Lipinski definition) is 5. The van der Waals surface area contributed by atoms with Gasteiger partial charge >= 0.3 is 11.5 Å². The van der Waals surface area contributed by atoms with E-state index < -0.39 is 24.0 Å². The molecule has 0 fully saturated rings. The molecule has 2 amide bonds. The second-order valence-corrected chi connectivity index (χ2v) is 6.49. The first-order chi connectivity index (χ1) is 13.2. The molecule has 2 aromatic rings. The summed E-state index contributed by atoms with van der Waals surface area (Å²) in [5.74, 6) is -1.81. The maximum Gasteiger partial charge on any atom is 0.446 e. The molecule has 0 aliphatic rings. The van der Waals surface area contributed by atoms with E-state index in [0.29, 0.717) is 11.3 Å². The predicted octanol–water partition coefficient (Wildman–Crippen LogP) is 3.45. The lowest BCUT2D eigenvalue weighted by molar-refractivity contribution is -0.119. The molecular weight excluding hydrogens is 397 g/mol. The van der Waals surface area contributed by atoms with E-state index in [1.807, 2.05) is 0 Å². The SMILES string of the molecule is CNC(=O)c1cccc(NC(=O)COC(=O)c2ccc(SC(F)(F)F)cc2)c1. The van der Waals surface area contributed by atoms with Gasteiger partial charge in [0.15, 0.2) is 6.61 Å². The van der Waals surface area contributed by atoms with Gasteiger partial charge in [-0.15, -0.1) is 0 Å². The number of carbonyl (C=O) groups is 3. The minimum absolute atomic E-state index is 0.0148. The average Bonchev–Trinajstić information content (AvgIpc) is 2.65. The quantitative estimate of drug-likeness (QED) is 0.561. The first kappa shape index (κ1) is 21.3. The summed E-state index contributed by atoms with van der Waals surface area (Å²) in [4.78, 5) is 35.3. The second-order valence-electron chi connectivity index (χ2n) is 5.36. The van der Waals surface area contributed by atoms with Crippen LogP contribution in [-0.4, -0.2) is 36.9 Å². The van der Waals surface area contributed by atoms with Gasteiger partial charge in [-0.05, 0) is 54.2 Å². The number of esters is 1. The molecule has 0 aliphatic carbocycles. The van der Waals surface area contributed by atoms with Crippen molar-refractivity contribution in [3.8, 4) is 0 Å². The Morgan fingerprint density at radius 2 is 1.71 bits per heavy atom. The van der Waals surface area contributed by atoms with Crippen LogP contribution in [0.2, 0.25) is 0 Å². The van der Waals surface area contributed by atoms with Crippen molar-refractivity contribution in [2.45, 2.75) is 10.4 Å². The number of benzene rings is 2. The Balaban J connectivity index is 1.88. The van der Waals surface area contributed by atoms with Gasteiger partial charge in [-0.25, -0.2) is 4.79 Å². The van der Waals surface area contributed by atoms with Gasteiger partial charge in [0.1, 0.15) is 0 Å². The van der Waals surface area contributed by atoms with Gasteiger partial charge in [0, 0.05) is 23.2 Å². The Hall–Kier alpha value is -3.01. The highest BCUT2D eigenvalue weighted by molar-refractivity contribution is 8.00. The number of hydrogen-bond donors (Lipinski definition) is 2. The monoisotopic (exact) mass is 412 g/mol. The second kappa shape index (κ2) is 9.27. The summed E-state index contributed by atoms with van der Waals surface area (Å²) in [7, 11) is 1.47. The van der Waals surface area contributed by atoms with Gasteiger partial charge < -0.3 is 15.4 Å². The van der Waals surface area contributed by atoms with Crippen molar-refractivity contribution < 1.29 is 32.3 Å². The number of rotatable bonds is 6. The zero-order valence-corrected chi connectivity index (χ0v) is 15.3. The van der Waals surface area contributed by atoms with Crippen molar-refractivity contribution in [1.82, 2.24) is 5.32 Å². The lowest BCUT2D eigenvalue weighted by atomic mass is 10.2. The highest BCUT2D eigenvalue weighted by Crippen LogP contribution is 2.36. The third-order valence-corrected chi connectivity index (χ3v) is 4.03. The van der Waals surface area contributed by atoms with Crippen LogP contribution in [0, 0.1) is 0 Å². The summed E-state index contributed by atoms with van der Waals surface area (Å²) >= 11 is -0.299. The van der Waals surface area contributed by atoms with E-state index in [0.717, 1.165) is 12.1 Å². The van der Waals surface area contributed by atoms with Crippen LogP contribution in [0.4, 0.5) is 18.9 Å². The third kappa shape index (κ3) is 6.62. The fraction of sp³-hybridized carbons (Fsp3) is 0.167. The smallest absolute Gasteiger partial charge is 0.446 e. The molecule has 0 radical (unpaired) electrons. The first-order valence-corrected chi connectivity index (χ1v) is 8.64. The van der Waals surface area contributed by atoms with Crippen LogP contribution < -0.4 is 10.6 Å². The molecule has 6 nitrogen and oxygen atoms in total. The molecule has 0 aromatic heterocycles. The molecule has 28 heavy (non-hydrogen) atoms. The summed E-state index contributed by atoms with van der Waals surface area (Å²) in [5.41, 5.74) is -3.72. The van der Waals surface area contributed by atoms with E-state index in [1.54, 1.807) is 18.2 Å². The number of thioether (sulfide) groups is 1. The molecule has 0 saturated heterocycles. The molecule has 148 valence electrons. The summed E-state index contributed by atoms with van der Waals surface area (Å²) in [5, 5.41) is 4.93. The van der Waals surface area contributed by atoms with Gasteiger partial charge in [-0.2, -0.15) is 13.2 Å². The number of halogens is 3. The molecule has 2 N–H and O–H groups in total. The normalized spacial score (nSPS) is 10.9. The summed E-state index contributed by atoms with van der Waals surface area (Å²) < 4.78 is 41.7. The van der Waals surface area contributed by atoms with Crippen LogP contribution >= 0.6 is 11.8 Å². The Labute approximate surface area is 162 Å². The number of alkyl halides is 3. The Kier molecular flexibility index (Phi) is 7.05. The lowest BCUT2D eigenvalue weighted by Crippen LogP contribution is -2.22. The van der Waals surface area contributed by atoms with Crippen LogP contribution in [0.25, 0.3) is 0 Å². The van der Waals surface area contributed by atoms with Crippen molar-refractivity contribution in [3.05, 3.63) is 59.7 Å². The average molecular weight is 412 g/mol. The molecule has 0 spiro atoms. The highest BCUT2D eigenvalue weighted by atomic mass is 32.2. The number of ether oxygens (including phenoxy) is 1. The van der Waals surface area contributed by atoms with Crippen molar-refractivity contribution in [2.24, 2.45) is 0 Å². The zero-order chi connectivity index (χ0) is 20.7. The number of amides is 2. The van der Waals surface area contributed by atoms with E-state index in [4.69, 9.17) is 4.74 Å². The fourth-order valence-electron chi connectivity index (χ4n) is 2.09. The number of nitrogens with one attached hydrogen (secondary N) is 2. The number of anilines is 1. The van der Waals surface area contributed by atoms with Gasteiger partial charge in [0.05, 0.1) is 5.56 Å². The molecule has 0 unspecified atom stereocenters. The van der Waals surface area contributed by atoms with E-state index in [-0.39, 0.29) is 28.1 Å².